The molecule has 33 heavy (non-hydrogen) atoms. The average molecular weight is 454 g/mol. The molecular weight excluding hydrogens is 422 g/mol. The first-order valence-corrected chi connectivity index (χ1v) is 11.5. The van der Waals surface area contributed by atoms with Gasteiger partial charge in [0.05, 0.1) is 19.8 Å². The molecule has 0 bridgehead atoms. The number of allylic oxidation sites excluding steroid dienone is 3. The second kappa shape index (κ2) is 9.41. The van der Waals surface area contributed by atoms with E-state index >= 15 is 0 Å². The molecule has 1 aromatic carbocycles. The number of ketones is 1. The minimum Gasteiger partial charge on any atom is -0.497 e. The van der Waals surface area contributed by atoms with Gasteiger partial charge < -0.3 is 19.5 Å². The fraction of sp³-hybridized carbons (Fsp3) is 0.500. The zero-order valence-electron chi connectivity index (χ0n) is 19.6. The van der Waals surface area contributed by atoms with Gasteiger partial charge in [0.1, 0.15) is 17.8 Å². The van der Waals surface area contributed by atoms with E-state index in [4.69, 9.17) is 14.2 Å². The van der Waals surface area contributed by atoms with E-state index in [0.29, 0.717) is 29.0 Å². The summed E-state index contributed by atoms with van der Waals surface area (Å²) in [7, 11) is 2.88. The molecule has 3 aliphatic rings. The first kappa shape index (κ1) is 23.1. The number of methoxy groups -OCH3 is 2. The minimum atomic E-state index is -0.901. The molecule has 0 aromatic heterocycles. The molecule has 1 fully saturated rings. The van der Waals surface area contributed by atoms with Crippen LogP contribution < -0.4 is 10.1 Å². The molecule has 0 unspecified atom stereocenters. The fourth-order valence-corrected chi connectivity index (χ4v) is 5.30. The summed E-state index contributed by atoms with van der Waals surface area (Å²) in [6.45, 7) is 3.71. The van der Waals surface area contributed by atoms with Gasteiger partial charge in [-0.05, 0) is 62.6 Å². The van der Waals surface area contributed by atoms with Crippen molar-refractivity contribution in [3.63, 3.8) is 0 Å². The zero-order chi connectivity index (χ0) is 23.7. The van der Waals surface area contributed by atoms with Crippen LogP contribution in [0.15, 0.2) is 46.8 Å². The number of hydrogen-bond acceptors (Lipinski definition) is 7. The van der Waals surface area contributed by atoms with Crippen LogP contribution in [0.4, 0.5) is 0 Å². The van der Waals surface area contributed by atoms with Gasteiger partial charge >= 0.3 is 11.9 Å². The molecule has 2 aliphatic carbocycles. The first-order chi connectivity index (χ1) is 15.8. The average Bonchev–Trinajstić information content (AvgIpc) is 3.30. The second-order valence-electron chi connectivity index (χ2n) is 9.12. The molecule has 176 valence electrons. The van der Waals surface area contributed by atoms with Crippen LogP contribution in [0.5, 0.6) is 5.75 Å². The van der Waals surface area contributed by atoms with Gasteiger partial charge in [-0.2, -0.15) is 0 Å². The van der Waals surface area contributed by atoms with Gasteiger partial charge in [-0.25, -0.2) is 4.79 Å². The maximum atomic E-state index is 13.7. The fourth-order valence-electron chi connectivity index (χ4n) is 5.30. The molecule has 0 amide bonds. The predicted molar refractivity (Wildman–Crippen MR) is 121 cm³/mol. The van der Waals surface area contributed by atoms with E-state index in [0.717, 1.165) is 36.9 Å². The van der Waals surface area contributed by atoms with Crippen molar-refractivity contribution in [3.05, 3.63) is 52.4 Å². The molecule has 0 saturated heterocycles. The Kier molecular flexibility index (Phi) is 6.58. The zero-order valence-corrected chi connectivity index (χ0v) is 19.6. The second-order valence-corrected chi connectivity index (χ2v) is 9.12. The number of carbonyl (C=O) groups is 3. The van der Waals surface area contributed by atoms with Crippen molar-refractivity contribution in [2.75, 3.05) is 14.2 Å². The number of ether oxygens (including phenoxy) is 3. The summed E-state index contributed by atoms with van der Waals surface area (Å²) in [5.41, 5.74) is 3.06. The van der Waals surface area contributed by atoms with Crippen LogP contribution in [0.1, 0.15) is 57.4 Å². The normalized spacial score (nSPS) is 25.5. The van der Waals surface area contributed by atoms with Crippen LogP contribution in [0.3, 0.4) is 0 Å². The Morgan fingerprint density at radius 3 is 2.33 bits per heavy atom. The van der Waals surface area contributed by atoms with Crippen molar-refractivity contribution in [2.24, 2.45) is 11.8 Å². The summed E-state index contributed by atoms with van der Waals surface area (Å²) in [4.78, 5) is 39.6. The van der Waals surface area contributed by atoms with E-state index in [1.165, 1.54) is 7.11 Å². The summed E-state index contributed by atoms with van der Waals surface area (Å²) in [5.74, 6) is -2.34. The van der Waals surface area contributed by atoms with E-state index in [-0.39, 0.29) is 17.8 Å². The van der Waals surface area contributed by atoms with E-state index in [9.17, 15) is 14.4 Å². The Balaban J connectivity index is 1.79. The Morgan fingerprint density at radius 2 is 1.73 bits per heavy atom. The van der Waals surface area contributed by atoms with Gasteiger partial charge in [0.2, 0.25) is 0 Å². The van der Waals surface area contributed by atoms with Crippen LogP contribution in [-0.4, -0.2) is 38.0 Å². The quantitative estimate of drug-likeness (QED) is 0.536. The first-order valence-electron chi connectivity index (χ1n) is 11.5. The van der Waals surface area contributed by atoms with Crippen molar-refractivity contribution in [1.82, 2.24) is 5.32 Å². The summed E-state index contributed by atoms with van der Waals surface area (Å²) in [5, 5.41) is 3.30. The molecule has 1 aliphatic heterocycles. The van der Waals surface area contributed by atoms with E-state index < -0.39 is 23.8 Å². The van der Waals surface area contributed by atoms with Gasteiger partial charge in [-0.1, -0.05) is 19.1 Å². The monoisotopic (exact) mass is 453 g/mol. The van der Waals surface area contributed by atoms with Gasteiger partial charge in [0.25, 0.3) is 0 Å². The largest absolute Gasteiger partial charge is 0.497 e. The Morgan fingerprint density at radius 1 is 1.06 bits per heavy atom. The summed E-state index contributed by atoms with van der Waals surface area (Å²) in [6, 6.07) is 7.32. The van der Waals surface area contributed by atoms with Gasteiger partial charge in [-0.3, -0.25) is 9.59 Å². The lowest BCUT2D eigenvalue weighted by molar-refractivity contribution is -0.151. The molecule has 7 heteroatoms. The van der Waals surface area contributed by atoms with Gasteiger partial charge in [0.15, 0.2) is 5.78 Å². The molecule has 4 rings (SSSR count). The lowest BCUT2D eigenvalue weighted by atomic mass is 9.69. The molecule has 3 atom stereocenters. The molecule has 7 nitrogen and oxygen atoms in total. The molecule has 0 spiro atoms. The third-order valence-electron chi connectivity index (χ3n) is 6.99. The molecule has 1 heterocycles. The summed E-state index contributed by atoms with van der Waals surface area (Å²) in [6.07, 6.45) is 4.21. The number of carbonyl (C=O) groups excluding carboxylic acids is 3. The SMILES string of the molecule is COC(=O)[C@H]1C(=O)C2=C(C[C@@H]1C)NC(C)=C(C(=O)OC1CCCC1)[C@H]2c1ccc(OC)cc1. The van der Waals surface area contributed by atoms with Crippen LogP contribution >= 0.6 is 0 Å². The number of rotatable bonds is 5. The number of nitrogens with one attached hydrogen (secondary N) is 1. The van der Waals surface area contributed by atoms with Crippen LogP contribution in [-0.2, 0) is 23.9 Å². The van der Waals surface area contributed by atoms with E-state index in [1.807, 2.05) is 26.0 Å². The molecular formula is C26H31NO6. The summed E-state index contributed by atoms with van der Waals surface area (Å²) < 4.78 is 16.1. The summed E-state index contributed by atoms with van der Waals surface area (Å²) >= 11 is 0. The smallest absolute Gasteiger partial charge is 0.337 e. The van der Waals surface area contributed by atoms with E-state index in [2.05, 4.69) is 5.32 Å². The maximum Gasteiger partial charge on any atom is 0.337 e. The molecule has 1 N–H and O–H groups in total. The third kappa shape index (κ3) is 4.28. The topological polar surface area (TPSA) is 90.9 Å². The van der Waals surface area contributed by atoms with Crippen molar-refractivity contribution in [3.8, 4) is 5.75 Å². The number of dihydropyridines is 1. The van der Waals surface area contributed by atoms with Gasteiger partial charge in [-0.15, -0.1) is 0 Å². The number of Topliss-reactive ketones (excluding diaryl/α,β-unsaturated/α-hetero) is 1. The van der Waals surface area contributed by atoms with Crippen molar-refractivity contribution >= 4 is 17.7 Å². The molecule has 0 radical (unpaired) electrons. The standard InChI is InChI=1S/C26H31NO6/c1-14-13-19-23(24(28)20(14)25(29)32-4)22(16-9-11-17(31-3)12-10-16)21(15(2)27-19)26(30)33-18-7-5-6-8-18/h9-12,14,18,20,22,27H,5-8,13H2,1-4H3/t14-,20+,22+/m0/s1. The highest BCUT2D eigenvalue weighted by Gasteiger charge is 2.47. The Hall–Kier alpha value is -3.09. The number of benzene rings is 1. The maximum absolute atomic E-state index is 13.7. The Bertz CT molecular complexity index is 1020. The van der Waals surface area contributed by atoms with Crippen LogP contribution in [0, 0.1) is 11.8 Å². The van der Waals surface area contributed by atoms with Crippen molar-refractivity contribution < 1.29 is 28.6 Å². The molecule has 1 saturated carbocycles. The highest BCUT2D eigenvalue weighted by molar-refractivity contribution is 6.12. The number of hydrogen-bond donors (Lipinski definition) is 1. The highest BCUT2D eigenvalue weighted by Crippen LogP contribution is 2.46. The van der Waals surface area contributed by atoms with Crippen LogP contribution in [0.25, 0.3) is 0 Å². The Labute approximate surface area is 194 Å². The lowest BCUT2D eigenvalue weighted by Gasteiger charge is -2.38. The third-order valence-corrected chi connectivity index (χ3v) is 6.99. The van der Waals surface area contributed by atoms with Crippen LogP contribution in [0.2, 0.25) is 0 Å². The lowest BCUT2D eigenvalue weighted by Crippen LogP contribution is -2.43. The predicted octanol–water partition coefficient (Wildman–Crippen LogP) is 3.79. The van der Waals surface area contributed by atoms with Crippen molar-refractivity contribution in [1.29, 1.82) is 0 Å². The highest BCUT2D eigenvalue weighted by atomic mass is 16.5. The van der Waals surface area contributed by atoms with Gasteiger partial charge in [0, 0.05) is 22.9 Å². The minimum absolute atomic E-state index is 0.102. The molecule has 1 aromatic rings. The van der Waals surface area contributed by atoms with E-state index in [1.54, 1.807) is 19.2 Å². The van der Waals surface area contributed by atoms with Crippen molar-refractivity contribution in [2.45, 2.75) is 58.0 Å². The number of esters is 2.